The number of aliphatic carboxylic acids is 2. The number of thioether (sulfide) groups is 1. The molecule has 10 N–H and O–H groups in total. The Morgan fingerprint density at radius 2 is 1.55 bits per heavy atom. The van der Waals surface area contributed by atoms with Crippen molar-refractivity contribution in [3.63, 3.8) is 0 Å². The molecule has 4 atom stereocenters. The lowest BCUT2D eigenvalue weighted by Crippen LogP contribution is -2.58. The number of para-hydroxylation sites is 1. The second-order valence-corrected chi connectivity index (χ2v) is 10.1. The first-order chi connectivity index (χ1) is 18.9. The molecule has 1 heterocycles. The number of hydrogen-bond donors (Lipinski definition) is 8. The molecule has 0 fully saturated rings. The average Bonchev–Trinajstić information content (AvgIpc) is 3.30. The van der Waals surface area contributed by atoms with Crippen LogP contribution < -0.4 is 27.4 Å². The molecule has 4 amide bonds. The highest BCUT2D eigenvalue weighted by Gasteiger charge is 2.32. The summed E-state index contributed by atoms with van der Waals surface area (Å²) in [4.78, 5) is 76.2. The predicted molar refractivity (Wildman–Crippen MR) is 147 cm³/mol. The van der Waals surface area contributed by atoms with Crippen molar-refractivity contribution in [1.82, 2.24) is 20.9 Å². The largest absolute Gasteiger partial charge is 0.481 e. The van der Waals surface area contributed by atoms with Crippen molar-refractivity contribution < 1.29 is 39.0 Å². The van der Waals surface area contributed by atoms with E-state index in [9.17, 15) is 39.0 Å². The smallest absolute Gasteiger partial charge is 0.326 e. The van der Waals surface area contributed by atoms with Gasteiger partial charge in [0.2, 0.25) is 23.6 Å². The third kappa shape index (κ3) is 9.89. The minimum Gasteiger partial charge on any atom is -0.481 e. The Hall–Kier alpha value is -4.11. The number of nitrogens with two attached hydrogens (primary N) is 2. The molecule has 0 bridgehead atoms. The van der Waals surface area contributed by atoms with Crippen LogP contribution in [0.3, 0.4) is 0 Å². The molecule has 218 valence electrons. The second kappa shape index (κ2) is 15.5. The maximum atomic E-state index is 13.4. The van der Waals surface area contributed by atoms with Gasteiger partial charge in [0, 0.05) is 29.9 Å². The first-order valence-corrected chi connectivity index (χ1v) is 13.8. The maximum absolute atomic E-state index is 13.4. The third-order valence-corrected chi connectivity index (χ3v) is 6.65. The van der Waals surface area contributed by atoms with E-state index in [2.05, 4.69) is 20.9 Å². The lowest BCUT2D eigenvalue weighted by Gasteiger charge is -2.24. The molecule has 0 aliphatic carbocycles. The van der Waals surface area contributed by atoms with Crippen LogP contribution in [0, 0.1) is 0 Å². The van der Waals surface area contributed by atoms with Gasteiger partial charge in [-0.25, -0.2) is 4.79 Å². The number of carbonyl (C=O) groups is 6. The Balaban J connectivity index is 2.29. The number of rotatable bonds is 17. The maximum Gasteiger partial charge on any atom is 0.326 e. The normalized spacial score (nSPS) is 13.9. The third-order valence-electron chi connectivity index (χ3n) is 6.01. The van der Waals surface area contributed by atoms with E-state index in [0.717, 1.165) is 10.9 Å². The van der Waals surface area contributed by atoms with Crippen molar-refractivity contribution in [2.24, 2.45) is 11.5 Å². The van der Waals surface area contributed by atoms with Crippen LogP contribution in [0.2, 0.25) is 0 Å². The molecule has 14 nitrogen and oxygen atoms in total. The minimum atomic E-state index is -1.63. The van der Waals surface area contributed by atoms with E-state index < -0.39 is 66.2 Å². The van der Waals surface area contributed by atoms with Crippen LogP contribution in [0.25, 0.3) is 10.9 Å². The molecule has 0 saturated carbocycles. The van der Waals surface area contributed by atoms with E-state index in [1.54, 1.807) is 24.6 Å². The van der Waals surface area contributed by atoms with Crippen LogP contribution in [-0.2, 0) is 35.2 Å². The van der Waals surface area contributed by atoms with Crippen molar-refractivity contribution in [2.75, 3.05) is 12.0 Å². The number of benzene rings is 1. The molecule has 2 rings (SSSR count). The van der Waals surface area contributed by atoms with Gasteiger partial charge in [0.05, 0.1) is 12.5 Å². The molecule has 0 aliphatic heterocycles. The minimum absolute atomic E-state index is 0.0585. The number of primary amides is 1. The summed E-state index contributed by atoms with van der Waals surface area (Å²) in [6.45, 7) is 0. The highest BCUT2D eigenvalue weighted by Crippen LogP contribution is 2.19. The Bertz CT molecular complexity index is 1230. The van der Waals surface area contributed by atoms with Gasteiger partial charge in [-0.05, 0) is 36.5 Å². The van der Waals surface area contributed by atoms with E-state index in [-0.39, 0.29) is 25.7 Å². The number of nitrogens with one attached hydrogen (secondary N) is 4. The van der Waals surface area contributed by atoms with Gasteiger partial charge in [0.25, 0.3) is 0 Å². The molecule has 0 saturated heterocycles. The van der Waals surface area contributed by atoms with Gasteiger partial charge < -0.3 is 42.6 Å². The standard InChI is InChI=1S/C25H34N6O8S/c1-40-9-8-17(25(38)39)29-24(37)19(11-21(33)34)31-23(36)18(30-22(35)15(26)6-7-20(27)32)10-13-12-28-16-5-3-2-4-14(13)16/h2-5,12,15,17-19,28H,6-11,26H2,1H3,(H2,27,32)(H,29,37)(H,30,35)(H,31,36)(H,33,34)(H,38,39). The summed E-state index contributed by atoms with van der Waals surface area (Å²) >= 11 is 1.37. The molecule has 0 spiro atoms. The van der Waals surface area contributed by atoms with Gasteiger partial charge in [-0.15, -0.1) is 0 Å². The van der Waals surface area contributed by atoms with E-state index in [1.807, 2.05) is 12.1 Å². The fourth-order valence-corrected chi connectivity index (χ4v) is 4.33. The summed E-state index contributed by atoms with van der Waals surface area (Å²) < 4.78 is 0. The topological polar surface area (TPSA) is 247 Å². The van der Waals surface area contributed by atoms with Crippen LogP contribution in [0.15, 0.2) is 30.5 Å². The summed E-state index contributed by atoms with van der Waals surface area (Å²) in [6.07, 6.45) is 2.37. The first-order valence-electron chi connectivity index (χ1n) is 12.4. The molecule has 40 heavy (non-hydrogen) atoms. The number of carboxylic acids is 2. The highest BCUT2D eigenvalue weighted by molar-refractivity contribution is 7.98. The van der Waals surface area contributed by atoms with Gasteiger partial charge >= 0.3 is 11.9 Å². The Kier molecular flexibility index (Phi) is 12.4. The number of hydrogen-bond acceptors (Lipinski definition) is 8. The summed E-state index contributed by atoms with van der Waals surface area (Å²) in [7, 11) is 0. The molecule has 0 radical (unpaired) electrons. The number of H-pyrrole nitrogens is 1. The molecule has 2 aromatic rings. The zero-order chi connectivity index (χ0) is 29.8. The van der Waals surface area contributed by atoms with Crippen molar-refractivity contribution in [1.29, 1.82) is 0 Å². The van der Waals surface area contributed by atoms with E-state index >= 15 is 0 Å². The van der Waals surface area contributed by atoms with E-state index in [0.29, 0.717) is 11.3 Å². The predicted octanol–water partition coefficient (Wildman–Crippen LogP) is -0.930. The quantitative estimate of drug-likeness (QED) is 0.114. The number of fused-ring (bicyclic) bond motifs is 1. The van der Waals surface area contributed by atoms with E-state index in [1.165, 1.54) is 11.8 Å². The zero-order valence-electron chi connectivity index (χ0n) is 21.8. The molecule has 1 aromatic carbocycles. The summed E-state index contributed by atoms with van der Waals surface area (Å²) in [5.74, 6) is -5.61. The summed E-state index contributed by atoms with van der Waals surface area (Å²) in [6, 6.07) is 1.82. The van der Waals surface area contributed by atoms with Crippen LogP contribution in [0.5, 0.6) is 0 Å². The molecular formula is C25H34N6O8S. The van der Waals surface area contributed by atoms with Gasteiger partial charge in [-0.2, -0.15) is 11.8 Å². The van der Waals surface area contributed by atoms with E-state index in [4.69, 9.17) is 11.5 Å². The summed E-state index contributed by atoms with van der Waals surface area (Å²) in [5.41, 5.74) is 12.4. The molecule has 1 aromatic heterocycles. The van der Waals surface area contributed by atoms with Crippen LogP contribution >= 0.6 is 11.8 Å². The number of amides is 4. The highest BCUT2D eigenvalue weighted by atomic mass is 32.2. The fourth-order valence-electron chi connectivity index (χ4n) is 3.86. The van der Waals surface area contributed by atoms with Gasteiger partial charge in [0.1, 0.15) is 18.1 Å². The first kappa shape index (κ1) is 32.1. The summed E-state index contributed by atoms with van der Waals surface area (Å²) in [5, 5.41) is 26.6. The van der Waals surface area contributed by atoms with Crippen molar-refractivity contribution in [2.45, 2.75) is 56.3 Å². The van der Waals surface area contributed by atoms with Crippen LogP contribution in [0.4, 0.5) is 0 Å². The number of carboxylic acid groups (broad SMARTS) is 2. The molecule has 15 heteroatoms. The number of aromatic nitrogens is 1. The number of carbonyl (C=O) groups excluding carboxylic acids is 4. The van der Waals surface area contributed by atoms with Crippen LogP contribution in [0.1, 0.15) is 31.2 Å². The van der Waals surface area contributed by atoms with Crippen LogP contribution in [-0.4, -0.2) is 86.9 Å². The average molecular weight is 579 g/mol. The van der Waals surface area contributed by atoms with Crippen molar-refractivity contribution in [3.8, 4) is 0 Å². The Morgan fingerprint density at radius 1 is 0.925 bits per heavy atom. The second-order valence-electron chi connectivity index (χ2n) is 9.08. The monoisotopic (exact) mass is 578 g/mol. The fraction of sp³-hybridized carbons (Fsp3) is 0.440. The van der Waals surface area contributed by atoms with Gasteiger partial charge in [-0.1, -0.05) is 18.2 Å². The molecule has 0 aliphatic rings. The van der Waals surface area contributed by atoms with Gasteiger partial charge in [-0.3, -0.25) is 24.0 Å². The van der Waals surface area contributed by atoms with Crippen molar-refractivity contribution in [3.05, 3.63) is 36.0 Å². The van der Waals surface area contributed by atoms with Crippen molar-refractivity contribution >= 4 is 58.2 Å². The molecule has 4 unspecified atom stereocenters. The SMILES string of the molecule is CSCCC(NC(=O)C(CC(=O)O)NC(=O)C(Cc1c[nH]c2ccccc12)NC(=O)C(N)CCC(N)=O)C(=O)O. The molecular weight excluding hydrogens is 544 g/mol. The zero-order valence-corrected chi connectivity index (χ0v) is 22.7. The lowest BCUT2D eigenvalue weighted by molar-refractivity contribution is -0.143. The Morgan fingerprint density at radius 3 is 2.17 bits per heavy atom. The van der Waals surface area contributed by atoms with Gasteiger partial charge in [0.15, 0.2) is 0 Å². The number of aromatic amines is 1. The lowest BCUT2D eigenvalue weighted by atomic mass is 10.0. The Labute approximate surface area is 234 Å².